The smallest absolute Gasteiger partial charge is 0.369 e. The molecule has 1 aliphatic heterocycles. The first kappa shape index (κ1) is 24.8. The zero-order valence-corrected chi connectivity index (χ0v) is 21.5. The Labute approximate surface area is 219 Å². The molecule has 0 saturated carbocycles. The Morgan fingerprint density at radius 2 is 1.68 bits per heavy atom. The zero-order chi connectivity index (χ0) is 25.8. The molecule has 0 bridgehead atoms. The van der Waals surface area contributed by atoms with Crippen molar-refractivity contribution >= 4 is 16.9 Å². The van der Waals surface area contributed by atoms with Crippen molar-refractivity contribution in [3.05, 3.63) is 112 Å². The normalized spacial score (nSPS) is 15.7. The Kier molecular flexibility index (Phi) is 7.39. The second-order valence-electron chi connectivity index (χ2n) is 8.79. The summed E-state index contributed by atoms with van der Waals surface area (Å²) < 4.78 is 4.70. The van der Waals surface area contributed by atoms with E-state index in [0.717, 1.165) is 50.0 Å². The van der Waals surface area contributed by atoms with E-state index in [0.29, 0.717) is 18.8 Å². The maximum absolute atomic E-state index is 11.5. The van der Waals surface area contributed by atoms with Gasteiger partial charge in [-0.3, -0.25) is 9.51 Å². The lowest BCUT2D eigenvalue weighted by Gasteiger charge is -2.36. The van der Waals surface area contributed by atoms with Crippen LogP contribution in [0.2, 0.25) is 0 Å². The molecular formula is C29H28N4O3S. The minimum Gasteiger partial charge on any atom is -0.369 e. The molecule has 0 saturated heterocycles. The molecule has 3 aromatic carbocycles. The average Bonchev–Trinajstić information content (AvgIpc) is 3.36. The molecule has 0 aliphatic carbocycles. The molecule has 0 fully saturated rings. The highest BCUT2D eigenvalue weighted by Crippen LogP contribution is 2.32. The lowest BCUT2D eigenvalue weighted by molar-refractivity contribution is 0.0773. The maximum atomic E-state index is 11.5. The van der Waals surface area contributed by atoms with Crippen molar-refractivity contribution in [2.45, 2.75) is 33.0 Å². The van der Waals surface area contributed by atoms with Crippen LogP contribution in [-0.4, -0.2) is 37.3 Å². The van der Waals surface area contributed by atoms with Gasteiger partial charge < -0.3 is 10.0 Å². The third kappa shape index (κ3) is 5.45. The molecule has 5 rings (SSSR count). The molecule has 0 amide bonds. The van der Waals surface area contributed by atoms with Gasteiger partial charge in [-0.15, -0.1) is 0 Å². The summed E-state index contributed by atoms with van der Waals surface area (Å²) in [6.07, 6.45) is -0.103. The van der Waals surface area contributed by atoms with Gasteiger partial charge in [-0.05, 0) is 41.4 Å². The van der Waals surface area contributed by atoms with E-state index in [2.05, 4.69) is 41.3 Å². The van der Waals surface area contributed by atoms with E-state index in [1.54, 1.807) is 11.8 Å². The third-order valence-electron chi connectivity index (χ3n) is 6.33. The van der Waals surface area contributed by atoms with E-state index < -0.39 is 12.0 Å². The SMILES string of the molecule is CCSC1=NC(C)=C(Cc2ccccc2)C(O)N1Cc1ccc(-c2ccccc2-c2noc(=O)[nH]2)cc1. The van der Waals surface area contributed by atoms with Gasteiger partial charge in [0.1, 0.15) is 0 Å². The summed E-state index contributed by atoms with van der Waals surface area (Å²) in [7, 11) is 0. The Morgan fingerprint density at radius 1 is 0.973 bits per heavy atom. The number of allylic oxidation sites excluding steroid dienone is 1. The van der Waals surface area contributed by atoms with Gasteiger partial charge in [-0.2, -0.15) is 0 Å². The van der Waals surface area contributed by atoms with Gasteiger partial charge in [0.25, 0.3) is 0 Å². The van der Waals surface area contributed by atoms with E-state index in [4.69, 9.17) is 9.52 Å². The van der Waals surface area contributed by atoms with Gasteiger partial charge in [0.15, 0.2) is 17.2 Å². The number of amidine groups is 1. The topological polar surface area (TPSA) is 94.7 Å². The number of hydrogen-bond acceptors (Lipinski definition) is 7. The highest BCUT2D eigenvalue weighted by atomic mass is 32.2. The predicted octanol–water partition coefficient (Wildman–Crippen LogP) is 5.46. The molecule has 1 aromatic heterocycles. The van der Waals surface area contributed by atoms with Gasteiger partial charge in [-0.25, -0.2) is 9.79 Å². The van der Waals surface area contributed by atoms with Crippen LogP contribution in [0.1, 0.15) is 25.0 Å². The molecule has 8 heteroatoms. The maximum Gasteiger partial charge on any atom is 0.439 e. The van der Waals surface area contributed by atoms with E-state index in [1.165, 1.54) is 0 Å². The molecule has 1 unspecified atom stereocenters. The number of nitrogens with zero attached hydrogens (tertiary/aromatic N) is 3. The van der Waals surface area contributed by atoms with Gasteiger partial charge in [0, 0.05) is 23.4 Å². The molecule has 1 atom stereocenters. The monoisotopic (exact) mass is 512 g/mol. The summed E-state index contributed by atoms with van der Waals surface area (Å²) in [6.45, 7) is 4.59. The largest absolute Gasteiger partial charge is 0.439 e. The second kappa shape index (κ2) is 11.0. The number of aliphatic hydroxyl groups is 1. The van der Waals surface area contributed by atoms with Crippen LogP contribution in [0, 0.1) is 0 Å². The van der Waals surface area contributed by atoms with Crippen LogP contribution in [0.4, 0.5) is 0 Å². The highest BCUT2D eigenvalue weighted by Gasteiger charge is 2.29. The Morgan fingerprint density at radius 3 is 2.35 bits per heavy atom. The number of hydrogen-bond donors (Lipinski definition) is 2. The summed E-state index contributed by atoms with van der Waals surface area (Å²) in [6, 6.07) is 26.1. The summed E-state index contributed by atoms with van der Waals surface area (Å²) in [5.74, 6) is 0.675. The average molecular weight is 513 g/mol. The van der Waals surface area contributed by atoms with Gasteiger partial charge in [0.2, 0.25) is 0 Å². The van der Waals surface area contributed by atoms with Crippen LogP contribution < -0.4 is 5.76 Å². The number of aromatic nitrogens is 2. The second-order valence-corrected chi connectivity index (χ2v) is 10.0. The summed E-state index contributed by atoms with van der Waals surface area (Å²) in [4.78, 5) is 20.9. The van der Waals surface area contributed by atoms with Crippen molar-refractivity contribution in [2.75, 3.05) is 5.75 Å². The van der Waals surface area contributed by atoms with Crippen molar-refractivity contribution in [1.82, 2.24) is 15.0 Å². The first-order valence-electron chi connectivity index (χ1n) is 12.2. The van der Waals surface area contributed by atoms with Crippen LogP contribution in [0.25, 0.3) is 22.5 Å². The van der Waals surface area contributed by atoms with Gasteiger partial charge in [-0.1, -0.05) is 103 Å². The quantitative estimate of drug-likeness (QED) is 0.342. The molecular weight excluding hydrogens is 484 g/mol. The minimum absolute atomic E-state index is 0.395. The highest BCUT2D eigenvalue weighted by molar-refractivity contribution is 8.13. The molecule has 0 radical (unpaired) electrons. The number of aliphatic imine (C=N–C) groups is 1. The fourth-order valence-electron chi connectivity index (χ4n) is 4.47. The Hall–Kier alpha value is -3.88. The van der Waals surface area contributed by atoms with Crippen LogP contribution >= 0.6 is 11.8 Å². The van der Waals surface area contributed by atoms with E-state index in [9.17, 15) is 9.90 Å². The number of thioether (sulfide) groups is 1. The first-order chi connectivity index (χ1) is 18.0. The lowest BCUT2D eigenvalue weighted by Crippen LogP contribution is -2.42. The van der Waals surface area contributed by atoms with Crippen LogP contribution in [-0.2, 0) is 13.0 Å². The Bertz CT molecular complexity index is 1490. The molecule has 4 aromatic rings. The molecule has 2 heterocycles. The number of H-pyrrole nitrogens is 1. The van der Waals surface area contributed by atoms with Gasteiger partial charge in [0.05, 0.1) is 0 Å². The molecule has 2 N–H and O–H groups in total. The number of benzene rings is 3. The summed E-state index contributed by atoms with van der Waals surface area (Å²) in [5.41, 5.74) is 6.70. The van der Waals surface area contributed by atoms with Crippen molar-refractivity contribution in [1.29, 1.82) is 0 Å². The fourth-order valence-corrected chi connectivity index (χ4v) is 5.26. The van der Waals surface area contributed by atoms with Gasteiger partial charge >= 0.3 is 5.76 Å². The number of rotatable bonds is 7. The molecule has 188 valence electrons. The number of aliphatic hydroxyl groups excluding tert-OH is 1. The van der Waals surface area contributed by atoms with Crippen LogP contribution in [0.3, 0.4) is 0 Å². The van der Waals surface area contributed by atoms with Crippen molar-refractivity contribution in [3.63, 3.8) is 0 Å². The Balaban J connectivity index is 1.40. The summed E-state index contributed by atoms with van der Waals surface area (Å²) in [5, 5.41) is 16.1. The first-order valence-corrected chi connectivity index (χ1v) is 13.2. The third-order valence-corrected chi connectivity index (χ3v) is 7.20. The fraction of sp³-hybridized carbons (Fsp3) is 0.207. The van der Waals surface area contributed by atoms with Crippen molar-refractivity contribution < 1.29 is 9.63 Å². The number of aromatic amines is 1. The van der Waals surface area contributed by atoms with Crippen molar-refractivity contribution in [2.24, 2.45) is 4.99 Å². The van der Waals surface area contributed by atoms with Crippen LogP contribution in [0.5, 0.6) is 0 Å². The number of nitrogens with one attached hydrogen (secondary N) is 1. The lowest BCUT2D eigenvalue weighted by atomic mass is 9.98. The minimum atomic E-state index is -0.754. The van der Waals surface area contributed by atoms with Crippen molar-refractivity contribution in [3.8, 4) is 22.5 Å². The predicted molar refractivity (Wildman–Crippen MR) is 148 cm³/mol. The molecule has 37 heavy (non-hydrogen) atoms. The standard InChI is InChI=1S/C29H28N4O3S/c1-3-37-28-30-19(2)25(17-20-9-5-4-6-10-20)27(34)33(28)18-21-13-15-22(16-14-21)23-11-7-8-12-24(23)26-31-29(35)36-32-26/h4-16,27,34H,3,17-18H2,1-2H3,(H,31,32,35). The zero-order valence-electron chi connectivity index (χ0n) is 20.7. The van der Waals surface area contributed by atoms with E-state index >= 15 is 0 Å². The molecule has 1 aliphatic rings. The summed E-state index contributed by atoms with van der Waals surface area (Å²) >= 11 is 1.63. The molecule has 0 spiro atoms. The van der Waals surface area contributed by atoms with E-state index in [-0.39, 0.29) is 0 Å². The van der Waals surface area contributed by atoms with E-state index in [1.807, 2.05) is 66.4 Å². The van der Waals surface area contributed by atoms with Crippen LogP contribution in [0.15, 0.2) is 104 Å². The molecule has 7 nitrogen and oxygen atoms in total.